The molecule has 1 aliphatic heterocycles. The van der Waals surface area contributed by atoms with Gasteiger partial charge in [-0.05, 0) is 55.9 Å². The molecule has 3 rings (SSSR count). The molecule has 30 heavy (non-hydrogen) atoms. The molecule has 0 radical (unpaired) electrons. The molecular formula is C24H33ClN2O3. The largest absolute Gasteiger partial charge is 0.488 e. The van der Waals surface area contributed by atoms with Gasteiger partial charge in [-0.2, -0.15) is 0 Å². The summed E-state index contributed by atoms with van der Waals surface area (Å²) in [6, 6.07) is 12.5. The van der Waals surface area contributed by atoms with Crippen LogP contribution >= 0.6 is 12.4 Å². The summed E-state index contributed by atoms with van der Waals surface area (Å²) in [5.74, 6) is 0.889. The minimum absolute atomic E-state index is 0. The average molecular weight is 433 g/mol. The first-order valence-corrected chi connectivity index (χ1v) is 10.2. The van der Waals surface area contributed by atoms with E-state index < -0.39 is 5.54 Å². The van der Waals surface area contributed by atoms with Gasteiger partial charge < -0.3 is 20.1 Å². The van der Waals surface area contributed by atoms with Crippen molar-refractivity contribution in [3.8, 4) is 5.75 Å². The minimum Gasteiger partial charge on any atom is -0.488 e. The van der Waals surface area contributed by atoms with Crippen molar-refractivity contribution in [3.05, 3.63) is 64.2 Å². The minimum atomic E-state index is -0.812. The van der Waals surface area contributed by atoms with Crippen molar-refractivity contribution in [3.63, 3.8) is 0 Å². The van der Waals surface area contributed by atoms with E-state index in [0.29, 0.717) is 39.2 Å². The lowest BCUT2D eigenvalue weighted by Crippen LogP contribution is -2.57. The Balaban J connectivity index is 0.00000320. The van der Waals surface area contributed by atoms with Gasteiger partial charge in [-0.25, -0.2) is 0 Å². The maximum Gasteiger partial charge on any atom is 0.242 e. The SMILES string of the molecule is Cc1cccc(COc2c(C)cc(CN(C)C(=O)C3(N)CCOCC3)cc2C)c1.Cl. The lowest BCUT2D eigenvalue weighted by atomic mass is 9.89. The standard InChI is InChI=1S/C24H32N2O3.ClH/c1-17-6-5-7-20(12-17)16-29-22-18(2)13-21(14-19(22)3)15-26(4)23(27)24(25)8-10-28-11-9-24;/h5-7,12-14H,8-11,15-16,25H2,1-4H3;1H. The number of aryl methyl sites for hydroxylation is 3. The number of ether oxygens (including phenoxy) is 2. The fourth-order valence-corrected chi connectivity index (χ4v) is 3.99. The van der Waals surface area contributed by atoms with Gasteiger partial charge in [0.05, 0.1) is 5.54 Å². The Kier molecular flexibility index (Phi) is 8.30. The third-order valence-electron chi connectivity index (χ3n) is 5.56. The first-order chi connectivity index (χ1) is 13.8. The number of amides is 1. The third kappa shape index (κ3) is 5.75. The predicted molar refractivity (Wildman–Crippen MR) is 122 cm³/mol. The van der Waals surface area contributed by atoms with Crippen LogP contribution in [0, 0.1) is 20.8 Å². The molecule has 0 aliphatic carbocycles. The van der Waals surface area contributed by atoms with Gasteiger partial charge in [0.2, 0.25) is 5.91 Å². The number of hydrogen-bond acceptors (Lipinski definition) is 4. The molecule has 2 aromatic rings. The van der Waals surface area contributed by atoms with Crippen LogP contribution in [-0.4, -0.2) is 36.6 Å². The Labute approximate surface area is 186 Å². The van der Waals surface area contributed by atoms with E-state index in [9.17, 15) is 4.79 Å². The lowest BCUT2D eigenvalue weighted by Gasteiger charge is -2.35. The smallest absolute Gasteiger partial charge is 0.242 e. The number of hydrogen-bond donors (Lipinski definition) is 1. The van der Waals surface area contributed by atoms with Gasteiger partial charge in [0.1, 0.15) is 12.4 Å². The van der Waals surface area contributed by atoms with E-state index in [1.807, 2.05) is 27.0 Å². The zero-order chi connectivity index (χ0) is 21.0. The predicted octanol–water partition coefficient (Wildman–Crippen LogP) is 4.08. The molecule has 1 aliphatic rings. The maximum absolute atomic E-state index is 12.9. The molecule has 1 amide bonds. The summed E-state index contributed by atoms with van der Waals surface area (Å²) in [5.41, 5.74) is 11.1. The topological polar surface area (TPSA) is 64.8 Å². The highest BCUT2D eigenvalue weighted by Crippen LogP contribution is 2.27. The van der Waals surface area contributed by atoms with Crippen LogP contribution in [-0.2, 0) is 22.7 Å². The second-order valence-electron chi connectivity index (χ2n) is 8.27. The number of nitrogens with two attached hydrogens (primary N) is 1. The Morgan fingerprint density at radius 3 is 2.33 bits per heavy atom. The quantitative estimate of drug-likeness (QED) is 0.746. The van der Waals surface area contributed by atoms with Crippen LogP contribution in [0.3, 0.4) is 0 Å². The van der Waals surface area contributed by atoms with Gasteiger partial charge in [0.15, 0.2) is 0 Å². The number of halogens is 1. The Morgan fingerprint density at radius 2 is 1.73 bits per heavy atom. The van der Waals surface area contributed by atoms with E-state index in [1.54, 1.807) is 4.90 Å². The van der Waals surface area contributed by atoms with Gasteiger partial charge >= 0.3 is 0 Å². The molecule has 1 saturated heterocycles. The normalized spacial score (nSPS) is 15.2. The molecule has 164 valence electrons. The van der Waals surface area contributed by atoms with Crippen molar-refractivity contribution < 1.29 is 14.3 Å². The molecule has 0 atom stereocenters. The summed E-state index contributed by atoms with van der Waals surface area (Å²) in [6.07, 6.45) is 1.14. The number of benzene rings is 2. The summed E-state index contributed by atoms with van der Waals surface area (Å²) in [5, 5.41) is 0. The number of carbonyl (C=O) groups is 1. The summed E-state index contributed by atoms with van der Waals surface area (Å²) in [6.45, 7) is 8.33. The zero-order valence-electron chi connectivity index (χ0n) is 18.4. The average Bonchev–Trinajstić information content (AvgIpc) is 2.67. The van der Waals surface area contributed by atoms with E-state index in [4.69, 9.17) is 15.2 Å². The molecule has 1 heterocycles. The molecular weight excluding hydrogens is 400 g/mol. The maximum atomic E-state index is 12.9. The van der Waals surface area contributed by atoms with Crippen LogP contribution in [0.2, 0.25) is 0 Å². The second-order valence-corrected chi connectivity index (χ2v) is 8.27. The molecule has 0 unspecified atom stereocenters. The zero-order valence-corrected chi connectivity index (χ0v) is 19.2. The van der Waals surface area contributed by atoms with Crippen molar-refractivity contribution in [2.45, 2.75) is 52.3 Å². The van der Waals surface area contributed by atoms with E-state index in [0.717, 1.165) is 28.0 Å². The first kappa shape index (κ1) is 24.2. The van der Waals surface area contributed by atoms with Crippen LogP contribution in [0.1, 0.15) is 40.7 Å². The van der Waals surface area contributed by atoms with Crippen molar-refractivity contribution in [1.29, 1.82) is 0 Å². The summed E-state index contributed by atoms with van der Waals surface area (Å²) in [7, 11) is 1.82. The van der Waals surface area contributed by atoms with Gasteiger partial charge in [0, 0.05) is 26.8 Å². The van der Waals surface area contributed by atoms with Crippen molar-refractivity contribution in [2.75, 3.05) is 20.3 Å². The van der Waals surface area contributed by atoms with Gasteiger partial charge in [-0.3, -0.25) is 4.79 Å². The number of carbonyl (C=O) groups excluding carboxylic acids is 1. The van der Waals surface area contributed by atoms with Gasteiger partial charge in [-0.1, -0.05) is 42.0 Å². The summed E-state index contributed by atoms with van der Waals surface area (Å²) < 4.78 is 11.5. The lowest BCUT2D eigenvalue weighted by molar-refractivity contribution is -0.139. The first-order valence-electron chi connectivity index (χ1n) is 10.2. The molecule has 5 nitrogen and oxygen atoms in total. The molecule has 0 saturated carbocycles. The van der Waals surface area contributed by atoms with Gasteiger partial charge in [-0.15, -0.1) is 12.4 Å². The van der Waals surface area contributed by atoms with Crippen LogP contribution in [0.4, 0.5) is 0 Å². The molecule has 2 aromatic carbocycles. The molecule has 0 aromatic heterocycles. The molecule has 0 spiro atoms. The highest BCUT2D eigenvalue weighted by atomic mass is 35.5. The van der Waals surface area contributed by atoms with Crippen LogP contribution < -0.4 is 10.5 Å². The van der Waals surface area contributed by atoms with Crippen LogP contribution in [0.25, 0.3) is 0 Å². The van der Waals surface area contributed by atoms with Crippen LogP contribution in [0.15, 0.2) is 36.4 Å². The van der Waals surface area contributed by atoms with Gasteiger partial charge in [0.25, 0.3) is 0 Å². The Hall–Kier alpha value is -2.08. The summed E-state index contributed by atoms with van der Waals surface area (Å²) >= 11 is 0. The second kappa shape index (κ2) is 10.3. The fourth-order valence-electron chi connectivity index (χ4n) is 3.99. The van der Waals surface area contributed by atoms with E-state index in [1.165, 1.54) is 5.56 Å². The fraction of sp³-hybridized carbons (Fsp3) is 0.458. The molecule has 6 heteroatoms. The molecule has 0 bridgehead atoms. The highest BCUT2D eigenvalue weighted by Gasteiger charge is 2.37. The van der Waals surface area contributed by atoms with Crippen molar-refractivity contribution in [1.82, 2.24) is 4.90 Å². The number of nitrogens with zero attached hydrogens (tertiary/aromatic N) is 1. The monoisotopic (exact) mass is 432 g/mol. The number of rotatable bonds is 6. The third-order valence-corrected chi connectivity index (χ3v) is 5.56. The Morgan fingerprint density at radius 1 is 1.10 bits per heavy atom. The van der Waals surface area contributed by atoms with Crippen molar-refractivity contribution >= 4 is 18.3 Å². The Bertz CT molecular complexity index is 855. The van der Waals surface area contributed by atoms with E-state index >= 15 is 0 Å². The molecule has 2 N–H and O–H groups in total. The van der Waals surface area contributed by atoms with Crippen LogP contribution in [0.5, 0.6) is 5.75 Å². The highest BCUT2D eigenvalue weighted by molar-refractivity contribution is 5.86. The van der Waals surface area contributed by atoms with E-state index in [2.05, 4.69) is 37.3 Å². The molecule has 1 fully saturated rings. The number of likely N-dealkylation sites (N-methyl/N-ethyl adjacent to an activating group) is 1. The summed E-state index contributed by atoms with van der Waals surface area (Å²) in [4.78, 5) is 14.6. The van der Waals surface area contributed by atoms with E-state index in [-0.39, 0.29) is 18.3 Å². The van der Waals surface area contributed by atoms with Crippen molar-refractivity contribution in [2.24, 2.45) is 5.73 Å².